The molecule has 0 aliphatic heterocycles. The number of carboxylic acids is 1. The van der Waals surface area contributed by atoms with Crippen LogP contribution in [-0.2, 0) is 4.79 Å². The lowest BCUT2D eigenvalue weighted by molar-refractivity contribution is -0.138. The zero-order chi connectivity index (χ0) is 15.4. The molecule has 1 aromatic carbocycles. The average Bonchev–Trinajstić information content (AvgIpc) is 2.46. The number of nitriles is 1. The van der Waals surface area contributed by atoms with Crippen molar-refractivity contribution in [2.75, 3.05) is 5.32 Å². The molecule has 0 bridgehead atoms. The number of rotatable bonds is 5. The van der Waals surface area contributed by atoms with Gasteiger partial charge in [0.15, 0.2) is 0 Å². The molecule has 0 aliphatic rings. The van der Waals surface area contributed by atoms with Crippen molar-refractivity contribution in [1.29, 1.82) is 5.26 Å². The molecule has 5 heteroatoms. The number of nitrogens with one attached hydrogen (secondary N) is 1. The Bertz CT molecular complexity index is 704. The minimum Gasteiger partial charge on any atom is -0.480 e. The van der Waals surface area contributed by atoms with Gasteiger partial charge in [-0.15, -0.1) is 0 Å². The van der Waals surface area contributed by atoms with Crippen molar-refractivity contribution in [3.05, 3.63) is 36.0 Å². The van der Waals surface area contributed by atoms with Gasteiger partial charge in [0.25, 0.3) is 0 Å². The van der Waals surface area contributed by atoms with Crippen molar-refractivity contribution < 1.29 is 9.90 Å². The third-order valence-electron chi connectivity index (χ3n) is 3.22. The molecular weight excluding hydrogens is 266 g/mol. The minimum absolute atomic E-state index is 0.234. The summed E-state index contributed by atoms with van der Waals surface area (Å²) in [6, 6.07) is 8.70. The maximum Gasteiger partial charge on any atom is 0.326 e. The predicted octanol–water partition coefficient (Wildman–Crippen LogP) is 3.02. The third-order valence-corrected chi connectivity index (χ3v) is 3.22. The number of fused-ring (bicyclic) bond motifs is 1. The fourth-order valence-electron chi connectivity index (χ4n) is 2.25. The standard InChI is InChI=1S/C16H17N3O2/c1-10(2)7-14(16(20)21)19-15-11(8-17)9-18-13-6-4-3-5-12(13)15/h3-6,9-10,14H,7H2,1-2H3,(H,18,19)(H,20,21). The molecule has 0 saturated carbocycles. The third kappa shape index (κ3) is 3.29. The smallest absolute Gasteiger partial charge is 0.326 e. The summed E-state index contributed by atoms with van der Waals surface area (Å²) in [6.45, 7) is 3.93. The summed E-state index contributed by atoms with van der Waals surface area (Å²) in [7, 11) is 0. The first kappa shape index (κ1) is 14.8. The van der Waals surface area contributed by atoms with Crippen LogP contribution in [0.2, 0.25) is 0 Å². The maximum absolute atomic E-state index is 11.4. The maximum atomic E-state index is 11.4. The summed E-state index contributed by atoms with van der Waals surface area (Å²) in [5, 5.41) is 22.4. The van der Waals surface area contributed by atoms with Crippen molar-refractivity contribution in [3.8, 4) is 6.07 Å². The molecule has 1 aromatic heterocycles. The van der Waals surface area contributed by atoms with Crippen molar-refractivity contribution >= 4 is 22.6 Å². The normalized spacial score (nSPS) is 12.1. The highest BCUT2D eigenvalue weighted by Gasteiger charge is 2.21. The Morgan fingerprint density at radius 1 is 1.43 bits per heavy atom. The quantitative estimate of drug-likeness (QED) is 0.880. The van der Waals surface area contributed by atoms with Crippen LogP contribution in [0.5, 0.6) is 0 Å². The first-order valence-electron chi connectivity index (χ1n) is 6.80. The Balaban J connectivity index is 2.48. The molecule has 2 aromatic rings. The number of hydrogen-bond acceptors (Lipinski definition) is 4. The molecule has 1 unspecified atom stereocenters. The van der Waals surface area contributed by atoms with E-state index in [9.17, 15) is 15.2 Å². The van der Waals surface area contributed by atoms with Crippen LogP contribution in [0.15, 0.2) is 30.5 Å². The van der Waals surface area contributed by atoms with Gasteiger partial charge in [0, 0.05) is 11.6 Å². The van der Waals surface area contributed by atoms with E-state index in [0.29, 0.717) is 17.7 Å². The van der Waals surface area contributed by atoms with E-state index in [-0.39, 0.29) is 5.92 Å². The molecule has 0 radical (unpaired) electrons. The van der Waals surface area contributed by atoms with Gasteiger partial charge in [0.05, 0.1) is 16.8 Å². The number of pyridine rings is 1. The minimum atomic E-state index is -0.923. The number of nitrogens with zero attached hydrogens (tertiary/aromatic N) is 2. The van der Waals surface area contributed by atoms with Crippen molar-refractivity contribution in [2.24, 2.45) is 5.92 Å². The average molecular weight is 283 g/mol. The topological polar surface area (TPSA) is 86.0 Å². The van der Waals surface area contributed by atoms with Gasteiger partial charge in [-0.2, -0.15) is 5.26 Å². The fourth-order valence-corrected chi connectivity index (χ4v) is 2.25. The first-order valence-corrected chi connectivity index (χ1v) is 6.80. The molecule has 2 N–H and O–H groups in total. The van der Waals surface area contributed by atoms with Gasteiger partial charge in [-0.1, -0.05) is 32.0 Å². The number of hydrogen-bond donors (Lipinski definition) is 2. The molecule has 21 heavy (non-hydrogen) atoms. The van der Waals surface area contributed by atoms with Crippen LogP contribution in [0, 0.1) is 17.2 Å². The molecular formula is C16H17N3O2. The highest BCUT2D eigenvalue weighted by Crippen LogP contribution is 2.27. The van der Waals surface area contributed by atoms with Crippen LogP contribution in [0.3, 0.4) is 0 Å². The zero-order valence-corrected chi connectivity index (χ0v) is 12.0. The van der Waals surface area contributed by atoms with E-state index in [4.69, 9.17) is 0 Å². The molecule has 0 aliphatic carbocycles. The number of carboxylic acid groups (broad SMARTS) is 1. The molecule has 2 rings (SSSR count). The second-order valence-corrected chi connectivity index (χ2v) is 5.34. The number of anilines is 1. The number of carbonyl (C=O) groups is 1. The molecule has 1 heterocycles. The summed E-state index contributed by atoms with van der Waals surface area (Å²) >= 11 is 0. The van der Waals surface area contributed by atoms with Crippen LogP contribution in [0.1, 0.15) is 25.8 Å². The predicted molar refractivity (Wildman–Crippen MR) is 81.0 cm³/mol. The van der Waals surface area contributed by atoms with Gasteiger partial charge in [0.2, 0.25) is 0 Å². The molecule has 0 amide bonds. The van der Waals surface area contributed by atoms with Crippen molar-refractivity contribution in [1.82, 2.24) is 4.98 Å². The Kier molecular flexibility index (Phi) is 4.39. The fraction of sp³-hybridized carbons (Fsp3) is 0.312. The Morgan fingerprint density at radius 3 is 2.76 bits per heavy atom. The van der Waals surface area contributed by atoms with Gasteiger partial charge < -0.3 is 10.4 Å². The summed E-state index contributed by atoms with van der Waals surface area (Å²) < 4.78 is 0. The monoisotopic (exact) mass is 283 g/mol. The molecule has 0 fully saturated rings. The molecule has 0 spiro atoms. The van der Waals surface area contributed by atoms with Crippen LogP contribution >= 0.6 is 0 Å². The van der Waals surface area contributed by atoms with Crippen molar-refractivity contribution in [3.63, 3.8) is 0 Å². The molecule has 5 nitrogen and oxygen atoms in total. The molecule has 1 atom stereocenters. The Labute approximate surface area is 123 Å². The van der Waals surface area contributed by atoms with E-state index in [1.54, 1.807) is 0 Å². The summed E-state index contributed by atoms with van der Waals surface area (Å²) in [4.78, 5) is 15.6. The summed E-state index contributed by atoms with van der Waals surface area (Å²) in [5.41, 5.74) is 1.62. The van der Waals surface area contributed by atoms with Crippen LogP contribution in [-0.4, -0.2) is 22.1 Å². The number of aromatic nitrogens is 1. The van der Waals surface area contributed by atoms with Crippen LogP contribution in [0.4, 0.5) is 5.69 Å². The van der Waals surface area contributed by atoms with E-state index >= 15 is 0 Å². The van der Waals surface area contributed by atoms with E-state index < -0.39 is 12.0 Å². The van der Waals surface area contributed by atoms with E-state index in [0.717, 1.165) is 10.9 Å². The summed E-state index contributed by atoms with van der Waals surface area (Å²) in [6.07, 6.45) is 1.95. The van der Waals surface area contributed by atoms with Gasteiger partial charge in [-0.3, -0.25) is 4.98 Å². The number of aliphatic carboxylic acids is 1. The summed E-state index contributed by atoms with van der Waals surface area (Å²) in [5.74, 6) is -0.689. The second kappa shape index (κ2) is 6.23. The molecule has 108 valence electrons. The lowest BCUT2D eigenvalue weighted by Gasteiger charge is -2.19. The van der Waals surface area contributed by atoms with Crippen LogP contribution in [0.25, 0.3) is 10.9 Å². The van der Waals surface area contributed by atoms with Crippen molar-refractivity contribution in [2.45, 2.75) is 26.3 Å². The molecule has 0 saturated heterocycles. The number of para-hydroxylation sites is 1. The van der Waals surface area contributed by atoms with Gasteiger partial charge in [0.1, 0.15) is 12.1 Å². The SMILES string of the molecule is CC(C)CC(Nc1c(C#N)cnc2ccccc12)C(=O)O. The van der Waals surface area contributed by atoms with E-state index in [1.165, 1.54) is 6.20 Å². The van der Waals surface area contributed by atoms with E-state index in [1.807, 2.05) is 38.1 Å². The van der Waals surface area contributed by atoms with E-state index in [2.05, 4.69) is 16.4 Å². The highest BCUT2D eigenvalue weighted by molar-refractivity contribution is 5.95. The Hall–Kier alpha value is -2.61. The first-order chi connectivity index (χ1) is 10.0. The largest absolute Gasteiger partial charge is 0.480 e. The van der Waals surface area contributed by atoms with Gasteiger partial charge in [-0.25, -0.2) is 4.79 Å². The lowest BCUT2D eigenvalue weighted by atomic mass is 10.0. The van der Waals surface area contributed by atoms with Gasteiger partial charge in [-0.05, 0) is 18.4 Å². The van der Waals surface area contributed by atoms with Gasteiger partial charge >= 0.3 is 5.97 Å². The van der Waals surface area contributed by atoms with Crippen LogP contribution < -0.4 is 5.32 Å². The lowest BCUT2D eigenvalue weighted by Crippen LogP contribution is -2.31. The Morgan fingerprint density at radius 2 is 2.14 bits per heavy atom. The second-order valence-electron chi connectivity index (χ2n) is 5.34. The zero-order valence-electron chi connectivity index (χ0n) is 12.0. The highest BCUT2D eigenvalue weighted by atomic mass is 16.4. The number of benzene rings is 1.